The minimum atomic E-state index is -0.960. The van der Waals surface area contributed by atoms with Crippen LogP contribution in [0.25, 0.3) is 0 Å². The molecule has 0 aromatic heterocycles. The van der Waals surface area contributed by atoms with Crippen molar-refractivity contribution in [3.05, 3.63) is 0 Å². The molecule has 0 saturated heterocycles. The molecule has 3 N–H and O–H groups in total. The Morgan fingerprint density at radius 1 is 1.62 bits per heavy atom. The molecule has 2 unspecified atom stereocenters. The van der Waals surface area contributed by atoms with Gasteiger partial charge in [0.05, 0.1) is 0 Å². The van der Waals surface area contributed by atoms with E-state index in [4.69, 9.17) is 5.73 Å². The topological polar surface area (TPSA) is 72.2 Å². The molecule has 0 radical (unpaired) electrons. The van der Waals surface area contributed by atoms with Crippen molar-refractivity contribution < 1.29 is 9.00 Å². The first-order valence-electron chi connectivity index (χ1n) is 4.43. The van der Waals surface area contributed by atoms with E-state index in [-0.39, 0.29) is 11.9 Å². The third kappa shape index (κ3) is 7.93. The molecule has 2 atom stereocenters. The Hall–Kier alpha value is -0.420. The molecular weight excluding hydrogens is 188 g/mol. The van der Waals surface area contributed by atoms with Crippen molar-refractivity contribution in [1.82, 2.24) is 5.32 Å². The molecule has 1 amide bonds. The monoisotopic (exact) mass is 206 g/mol. The lowest BCUT2D eigenvalue weighted by Crippen LogP contribution is -2.27. The SMILES string of the molecule is CCNC(=O)CCS(=O)CC(C)N. The van der Waals surface area contributed by atoms with Crippen LogP contribution in [0.3, 0.4) is 0 Å². The first-order chi connectivity index (χ1) is 6.06. The van der Waals surface area contributed by atoms with Crippen molar-refractivity contribution in [2.24, 2.45) is 5.73 Å². The van der Waals surface area contributed by atoms with Crippen LogP contribution >= 0.6 is 0 Å². The molecule has 0 rings (SSSR count). The molecule has 0 aromatic rings. The molecule has 0 fully saturated rings. The normalized spacial score (nSPS) is 15.0. The third-order valence-electron chi connectivity index (χ3n) is 1.38. The summed E-state index contributed by atoms with van der Waals surface area (Å²) in [5, 5.41) is 2.65. The Kier molecular flexibility index (Phi) is 6.80. The molecule has 13 heavy (non-hydrogen) atoms. The lowest BCUT2D eigenvalue weighted by molar-refractivity contribution is -0.120. The Morgan fingerprint density at radius 3 is 2.69 bits per heavy atom. The standard InChI is InChI=1S/C8H18N2O2S/c1-3-10-8(11)4-5-13(12)6-7(2)9/h7H,3-6,9H2,1-2H3,(H,10,11). The van der Waals surface area contributed by atoms with Crippen LogP contribution in [-0.4, -0.2) is 34.2 Å². The maximum absolute atomic E-state index is 11.2. The second-order valence-corrected chi connectivity index (χ2v) is 4.61. The van der Waals surface area contributed by atoms with Gasteiger partial charge in [0.2, 0.25) is 5.91 Å². The van der Waals surface area contributed by atoms with E-state index in [0.717, 1.165) is 0 Å². The van der Waals surface area contributed by atoms with Crippen molar-refractivity contribution in [1.29, 1.82) is 0 Å². The highest BCUT2D eigenvalue weighted by Gasteiger charge is 2.06. The summed E-state index contributed by atoms with van der Waals surface area (Å²) in [5.74, 6) is 0.841. The number of carbonyl (C=O) groups is 1. The zero-order valence-corrected chi connectivity index (χ0v) is 9.02. The van der Waals surface area contributed by atoms with E-state index in [9.17, 15) is 9.00 Å². The van der Waals surface area contributed by atoms with Crippen LogP contribution in [-0.2, 0) is 15.6 Å². The predicted molar refractivity (Wildman–Crippen MR) is 54.8 cm³/mol. The number of hydrogen-bond donors (Lipinski definition) is 2. The van der Waals surface area contributed by atoms with Crippen LogP contribution in [0.4, 0.5) is 0 Å². The van der Waals surface area contributed by atoms with E-state index < -0.39 is 10.8 Å². The fourth-order valence-corrected chi connectivity index (χ4v) is 2.03. The van der Waals surface area contributed by atoms with Gasteiger partial charge in [0, 0.05) is 41.3 Å². The molecule has 0 aliphatic heterocycles. The number of nitrogens with one attached hydrogen (secondary N) is 1. The highest BCUT2D eigenvalue weighted by Crippen LogP contribution is 1.90. The zero-order chi connectivity index (χ0) is 10.3. The van der Waals surface area contributed by atoms with Gasteiger partial charge in [-0.25, -0.2) is 0 Å². The van der Waals surface area contributed by atoms with Gasteiger partial charge in [-0.2, -0.15) is 0 Å². The Labute approximate surface area is 81.7 Å². The van der Waals surface area contributed by atoms with E-state index in [1.807, 2.05) is 13.8 Å². The summed E-state index contributed by atoms with van der Waals surface area (Å²) in [4.78, 5) is 11.0. The Balaban J connectivity index is 3.52. The molecule has 78 valence electrons. The largest absolute Gasteiger partial charge is 0.356 e. The zero-order valence-electron chi connectivity index (χ0n) is 8.21. The second kappa shape index (κ2) is 7.03. The molecule has 0 bridgehead atoms. The van der Waals surface area contributed by atoms with Gasteiger partial charge in [0.15, 0.2) is 0 Å². The van der Waals surface area contributed by atoms with Crippen molar-refractivity contribution in [2.75, 3.05) is 18.1 Å². The van der Waals surface area contributed by atoms with Gasteiger partial charge in [-0.15, -0.1) is 0 Å². The molecule has 4 nitrogen and oxygen atoms in total. The number of carbonyl (C=O) groups excluding carboxylic acids is 1. The maximum atomic E-state index is 11.2. The molecular formula is C8H18N2O2S. The molecule has 0 heterocycles. The average molecular weight is 206 g/mol. The van der Waals surface area contributed by atoms with Crippen LogP contribution in [0.15, 0.2) is 0 Å². The van der Waals surface area contributed by atoms with Crippen LogP contribution in [0.1, 0.15) is 20.3 Å². The summed E-state index contributed by atoms with van der Waals surface area (Å²) in [7, 11) is -0.960. The lowest BCUT2D eigenvalue weighted by atomic mass is 10.4. The highest BCUT2D eigenvalue weighted by molar-refractivity contribution is 7.85. The van der Waals surface area contributed by atoms with Crippen molar-refractivity contribution in [3.8, 4) is 0 Å². The molecule has 5 heteroatoms. The van der Waals surface area contributed by atoms with Crippen molar-refractivity contribution in [2.45, 2.75) is 26.3 Å². The summed E-state index contributed by atoms with van der Waals surface area (Å²) in [5.41, 5.74) is 5.46. The summed E-state index contributed by atoms with van der Waals surface area (Å²) in [6.45, 7) is 4.29. The molecule has 0 aliphatic carbocycles. The molecule has 0 aliphatic rings. The summed E-state index contributed by atoms with van der Waals surface area (Å²) in [6, 6.07) is -0.0601. The third-order valence-corrected chi connectivity index (χ3v) is 2.94. The first kappa shape index (κ1) is 12.6. The average Bonchev–Trinajstić information content (AvgIpc) is 2.00. The van der Waals surface area contributed by atoms with Crippen molar-refractivity contribution >= 4 is 16.7 Å². The van der Waals surface area contributed by atoms with Crippen LogP contribution in [0, 0.1) is 0 Å². The van der Waals surface area contributed by atoms with E-state index in [0.29, 0.717) is 24.5 Å². The quantitative estimate of drug-likeness (QED) is 0.621. The van der Waals surface area contributed by atoms with Gasteiger partial charge < -0.3 is 11.1 Å². The summed E-state index contributed by atoms with van der Waals surface area (Å²) in [6.07, 6.45) is 0.327. The van der Waals surface area contributed by atoms with Gasteiger partial charge >= 0.3 is 0 Å². The first-order valence-corrected chi connectivity index (χ1v) is 5.92. The molecule has 0 aromatic carbocycles. The number of hydrogen-bond acceptors (Lipinski definition) is 3. The smallest absolute Gasteiger partial charge is 0.220 e. The predicted octanol–water partition coefficient (Wildman–Crippen LogP) is -0.391. The highest BCUT2D eigenvalue weighted by atomic mass is 32.2. The Bertz CT molecular complexity index is 183. The number of rotatable bonds is 6. The molecule has 0 saturated carbocycles. The summed E-state index contributed by atoms with van der Waals surface area (Å²) >= 11 is 0. The fourth-order valence-electron chi connectivity index (χ4n) is 0.869. The van der Waals surface area contributed by atoms with Gasteiger partial charge in [-0.05, 0) is 13.8 Å². The number of amides is 1. The Morgan fingerprint density at radius 2 is 2.23 bits per heavy atom. The van der Waals surface area contributed by atoms with E-state index in [1.165, 1.54) is 0 Å². The number of nitrogens with two attached hydrogens (primary N) is 1. The van der Waals surface area contributed by atoms with E-state index >= 15 is 0 Å². The molecule has 0 spiro atoms. The lowest BCUT2D eigenvalue weighted by Gasteiger charge is -2.05. The van der Waals surface area contributed by atoms with Gasteiger partial charge in [-0.1, -0.05) is 0 Å². The van der Waals surface area contributed by atoms with Gasteiger partial charge in [0.25, 0.3) is 0 Å². The minimum Gasteiger partial charge on any atom is -0.356 e. The van der Waals surface area contributed by atoms with Gasteiger partial charge in [-0.3, -0.25) is 9.00 Å². The van der Waals surface area contributed by atoms with Crippen LogP contribution in [0.2, 0.25) is 0 Å². The van der Waals surface area contributed by atoms with E-state index in [2.05, 4.69) is 5.32 Å². The van der Waals surface area contributed by atoms with Gasteiger partial charge in [0.1, 0.15) is 0 Å². The fraction of sp³-hybridized carbons (Fsp3) is 0.875. The van der Waals surface area contributed by atoms with Crippen molar-refractivity contribution in [3.63, 3.8) is 0 Å². The minimum absolute atomic E-state index is 0.0412. The van der Waals surface area contributed by atoms with Crippen LogP contribution in [0.5, 0.6) is 0 Å². The van der Waals surface area contributed by atoms with E-state index in [1.54, 1.807) is 0 Å². The maximum Gasteiger partial charge on any atom is 0.220 e. The summed E-state index contributed by atoms with van der Waals surface area (Å²) < 4.78 is 11.2. The van der Waals surface area contributed by atoms with Crippen LogP contribution < -0.4 is 11.1 Å². The second-order valence-electron chi connectivity index (χ2n) is 2.99.